The second-order valence-electron chi connectivity index (χ2n) is 4.78. The van der Waals surface area contributed by atoms with Crippen LogP contribution in [0.3, 0.4) is 0 Å². The molecule has 3 rings (SSSR count). The van der Waals surface area contributed by atoms with E-state index in [9.17, 15) is 4.39 Å². The molecule has 0 N–H and O–H groups in total. The van der Waals surface area contributed by atoms with Crippen molar-refractivity contribution in [1.82, 2.24) is 8.94 Å². The lowest BCUT2D eigenvalue weighted by Gasteiger charge is -2.12. The Balaban J connectivity index is 2.02. The molecule has 2 aromatic rings. The van der Waals surface area contributed by atoms with E-state index < -0.39 is 0 Å². The van der Waals surface area contributed by atoms with Crippen LogP contribution in [0.5, 0.6) is 0 Å². The largest absolute Gasteiger partial charge is 0.293 e. The number of fused-ring (bicyclic) bond motifs is 1. The van der Waals surface area contributed by atoms with Gasteiger partial charge in [-0.2, -0.15) is 4.37 Å². The molecule has 1 aromatic carbocycles. The zero-order chi connectivity index (χ0) is 12.8. The van der Waals surface area contributed by atoms with Gasteiger partial charge in [-0.3, -0.25) is 4.57 Å². The minimum atomic E-state index is -0.243. The van der Waals surface area contributed by atoms with Gasteiger partial charge in [0, 0.05) is 22.8 Å². The molecule has 1 aliphatic rings. The van der Waals surface area contributed by atoms with Crippen LogP contribution in [0.1, 0.15) is 13.8 Å². The fourth-order valence-corrected chi connectivity index (χ4v) is 3.76. The van der Waals surface area contributed by atoms with Crippen LogP contribution in [0, 0.1) is 5.82 Å². The van der Waals surface area contributed by atoms with Gasteiger partial charge in [-0.05, 0) is 38.1 Å². The molecule has 0 unspecified atom stereocenters. The zero-order valence-corrected chi connectivity index (χ0v) is 11.7. The van der Waals surface area contributed by atoms with E-state index in [4.69, 9.17) is 0 Å². The Kier molecular flexibility index (Phi) is 2.79. The maximum atomic E-state index is 12.8. The molecule has 1 aliphatic heterocycles. The van der Waals surface area contributed by atoms with Gasteiger partial charge in [0.15, 0.2) is 5.16 Å². The molecule has 6 heteroatoms. The number of hydrogen-bond acceptors (Lipinski definition) is 4. The molecule has 0 fully saturated rings. The van der Waals surface area contributed by atoms with Crippen LogP contribution in [0.15, 0.2) is 34.4 Å². The summed E-state index contributed by atoms with van der Waals surface area (Å²) in [5, 5.41) is 1.02. The number of rotatable bonds is 1. The molecule has 0 saturated carbocycles. The van der Waals surface area contributed by atoms with Gasteiger partial charge in [-0.25, -0.2) is 9.38 Å². The molecule has 0 atom stereocenters. The highest BCUT2D eigenvalue weighted by Gasteiger charge is 2.31. The Morgan fingerprint density at radius 3 is 2.78 bits per heavy atom. The maximum absolute atomic E-state index is 12.8. The summed E-state index contributed by atoms with van der Waals surface area (Å²) in [5.74, 6) is -0.243. The summed E-state index contributed by atoms with van der Waals surface area (Å²) in [4.78, 5) is 5.39. The van der Waals surface area contributed by atoms with E-state index in [-0.39, 0.29) is 10.6 Å². The summed E-state index contributed by atoms with van der Waals surface area (Å²) in [5.41, 5.74) is 0.755. The fourth-order valence-electron chi connectivity index (χ4n) is 1.84. The van der Waals surface area contributed by atoms with Crippen molar-refractivity contribution in [2.45, 2.75) is 30.3 Å². The van der Waals surface area contributed by atoms with Crippen LogP contribution in [-0.4, -0.2) is 13.7 Å². The van der Waals surface area contributed by atoms with Gasteiger partial charge in [-0.15, -0.1) is 0 Å². The van der Waals surface area contributed by atoms with Gasteiger partial charge in [-0.1, -0.05) is 11.8 Å². The summed E-state index contributed by atoms with van der Waals surface area (Å²) >= 11 is 3.15. The van der Waals surface area contributed by atoms with Gasteiger partial charge in [0.25, 0.3) is 0 Å². The van der Waals surface area contributed by atoms with Gasteiger partial charge in [0.2, 0.25) is 4.80 Å². The fraction of sp³-hybridized carbons (Fsp3) is 0.333. The molecule has 3 nitrogen and oxygen atoms in total. The predicted octanol–water partition coefficient (Wildman–Crippen LogP) is 3.20. The topological polar surface area (TPSA) is 30.2 Å². The molecule has 0 aliphatic carbocycles. The highest BCUT2D eigenvalue weighted by Crippen LogP contribution is 2.38. The van der Waals surface area contributed by atoms with Crippen molar-refractivity contribution in [1.29, 1.82) is 0 Å². The van der Waals surface area contributed by atoms with E-state index in [1.165, 1.54) is 23.7 Å². The molecular weight excluding hydrogens is 269 g/mol. The van der Waals surface area contributed by atoms with Crippen molar-refractivity contribution >= 4 is 29.0 Å². The summed E-state index contributed by atoms with van der Waals surface area (Å²) in [6, 6.07) is 6.19. The lowest BCUT2D eigenvalue weighted by molar-refractivity contribution is 0.555. The average Bonchev–Trinajstić information content (AvgIpc) is 2.79. The highest BCUT2D eigenvalue weighted by molar-refractivity contribution is 8.00. The summed E-state index contributed by atoms with van der Waals surface area (Å²) in [6.07, 6.45) is 0. The minimum absolute atomic E-state index is 0.170. The molecule has 0 saturated heterocycles. The summed E-state index contributed by atoms with van der Waals surface area (Å²) in [6.45, 7) is 5.29. The van der Waals surface area contributed by atoms with Crippen molar-refractivity contribution in [3.8, 4) is 0 Å². The van der Waals surface area contributed by atoms with Crippen molar-refractivity contribution in [3.05, 3.63) is 34.9 Å². The Labute approximate surface area is 113 Å². The third-order valence-electron chi connectivity index (χ3n) is 2.63. The number of hydrogen-bond donors (Lipinski definition) is 0. The Hall–Kier alpha value is -1.14. The van der Waals surface area contributed by atoms with Crippen molar-refractivity contribution in [2.75, 3.05) is 0 Å². The maximum Gasteiger partial charge on any atom is 0.210 e. The van der Waals surface area contributed by atoms with Crippen LogP contribution in [0.25, 0.3) is 0 Å². The first kappa shape index (κ1) is 11.9. The van der Waals surface area contributed by atoms with Crippen molar-refractivity contribution < 1.29 is 4.39 Å². The first-order valence-electron chi connectivity index (χ1n) is 5.59. The molecule has 1 aromatic heterocycles. The number of aromatic nitrogens is 2. The van der Waals surface area contributed by atoms with E-state index in [0.717, 1.165) is 22.2 Å². The number of nitrogens with zero attached hydrogens (tertiary/aromatic N) is 3. The molecule has 0 spiro atoms. The van der Waals surface area contributed by atoms with Gasteiger partial charge in [0.1, 0.15) is 5.82 Å². The van der Waals surface area contributed by atoms with E-state index >= 15 is 0 Å². The second-order valence-corrected chi connectivity index (χ2v) is 7.19. The monoisotopic (exact) mass is 281 g/mol. The molecular formula is C12H12FN3S2. The summed E-state index contributed by atoms with van der Waals surface area (Å²) < 4.78 is 19.5. The Bertz CT molecular complexity index is 640. The minimum Gasteiger partial charge on any atom is -0.293 e. The SMILES string of the molecule is CC1(C)Cn2c(nsc2=Nc2ccc(F)cc2)S1. The molecule has 94 valence electrons. The van der Waals surface area contributed by atoms with Gasteiger partial charge in [0.05, 0.1) is 5.69 Å². The van der Waals surface area contributed by atoms with E-state index in [1.807, 2.05) is 0 Å². The third-order valence-corrected chi connectivity index (χ3v) is 4.66. The zero-order valence-electron chi connectivity index (χ0n) is 10.1. The first-order valence-corrected chi connectivity index (χ1v) is 7.18. The van der Waals surface area contributed by atoms with Crippen LogP contribution >= 0.6 is 23.3 Å². The van der Waals surface area contributed by atoms with Gasteiger partial charge >= 0.3 is 0 Å². The quantitative estimate of drug-likeness (QED) is 0.803. The van der Waals surface area contributed by atoms with E-state index in [1.54, 1.807) is 23.9 Å². The number of benzene rings is 1. The van der Waals surface area contributed by atoms with E-state index in [0.29, 0.717) is 0 Å². The number of thioether (sulfide) groups is 1. The van der Waals surface area contributed by atoms with Crippen molar-refractivity contribution in [3.63, 3.8) is 0 Å². The molecule has 0 radical (unpaired) electrons. The average molecular weight is 281 g/mol. The van der Waals surface area contributed by atoms with Crippen LogP contribution in [0.2, 0.25) is 0 Å². The Morgan fingerprint density at radius 2 is 2.06 bits per heavy atom. The van der Waals surface area contributed by atoms with Crippen LogP contribution in [-0.2, 0) is 6.54 Å². The van der Waals surface area contributed by atoms with Crippen LogP contribution < -0.4 is 4.80 Å². The number of halogens is 1. The molecule has 0 amide bonds. The molecule has 18 heavy (non-hydrogen) atoms. The highest BCUT2D eigenvalue weighted by atomic mass is 32.2. The van der Waals surface area contributed by atoms with Crippen LogP contribution in [0.4, 0.5) is 10.1 Å². The van der Waals surface area contributed by atoms with Gasteiger partial charge < -0.3 is 0 Å². The second kappa shape index (κ2) is 4.20. The molecule has 2 heterocycles. The third kappa shape index (κ3) is 2.22. The smallest absolute Gasteiger partial charge is 0.210 e. The normalized spacial score (nSPS) is 18.1. The summed E-state index contributed by atoms with van der Waals surface area (Å²) in [7, 11) is 0. The van der Waals surface area contributed by atoms with Crippen molar-refractivity contribution in [2.24, 2.45) is 4.99 Å². The standard InChI is InChI=1S/C12H12FN3S2/c1-12(2)7-16-10(18-15-11(16)17-12)14-9-5-3-8(13)4-6-9/h3-6H,7H2,1-2H3. The molecule has 0 bridgehead atoms. The lowest BCUT2D eigenvalue weighted by atomic mass is 10.2. The van der Waals surface area contributed by atoms with E-state index in [2.05, 4.69) is 27.8 Å². The predicted molar refractivity (Wildman–Crippen MR) is 71.7 cm³/mol. The first-order chi connectivity index (χ1) is 8.53. The lowest BCUT2D eigenvalue weighted by Crippen LogP contribution is -2.21. The Morgan fingerprint density at radius 1 is 1.33 bits per heavy atom.